The first kappa shape index (κ1) is 32.7. The highest BCUT2D eigenvalue weighted by Gasteiger charge is 2.37. The van der Waals surface area contributed by atoms with Crippen molar-refractivity contribution in [3.63, 3.8) is 0 Å². The van der Waals surface area contributed by atoms with E-state index in [1.807, 2.05) is 11.0 Å². The Hall–Kier alpha value is -2.18. The second kappa shape index (κ2) is 14.5. The molecule has 3 heterocycles. The molecule has 0 spiro atoms. The number of hydrogen-bond acceptors (Lipinski definition) is 8. The van der Waals surface area contributed by atoms with Crippen LogP contribution in [0.3, 0.4) is 0 Å². The maximum absolute atomic E-state index is 13.6. The maximum Gasteiger partial charge on any atom is 0.288 e. The van der Waals surface area contributed by atoms with Crippen LogP contribution in [0, 0.1) is 11.3 Å². The van der Waals surface area contributed by atoms with E-state index in [0.29, 0.717) is 37.1 Å². The van der Waals surface area contributed by atoms with Crippen LogP contribution in [0.5, 0.6) is 5.75 Å². The molecule has 2 atom stereocenters. The fraction of sp³-hybridized carbons (Fsp3) is 0.710. The fourth-order valence-corrected chi connectivity index (χ4v) is 7.45. The van der Waals surface area contributed by atoms with E-state index in [2.05, 4.69) is 25.7 Å². The van der Waals surface area contributed by atoms with E-state index in [0.717, 1.165) is 25.9 Å². The van der Waals surface area contributed by atoms with Gasteiger partial charge in [-0.1, -0.05) is 27.2 Å². The summed E-state index contributed by atoms with van der Waals surface area (Å²) in [5.74, 6) is 0.829. The van der Waals surface area contributed by atoms with Crippen molar-refractivity contribution in [2.75, 3.05) is 59.6 Å². The molecule has 1 amide bonds. The lowest BCUT2D eigenvalue weighted by Gasteiger charge is -2.41. The molecule has 10 nitrogen and oxygen atoms in total. The number of rotatable bonds is 11. The first-order valence-corrected chi connectivity index (χ1v) is 16.8. The number of carbonyl (C=O) groups excluding carboxylic acids is 1. The standard InChI is InChI=1S/C31H49N3O7S/c1-31(2,3)24-22-28(30(36)33-16-12-25(13-17-33)32-14-6-5-7-15-32)41-29(23-24)40-21-19-34(18-20-35)42(37,38)27-10-8-26(39-4)9-11-27/h8-11,22,24-25,29,35H,5-7,12-21,23H2,1-4H3/t24-,29+/m1/s1. The second-order valence-electron chi connectivity index (χ2n) is 12.6. The second-order valence-corrected chi connectivity index (χ2v) is 14.5. The highest BCUT2D eigenvalue weighted by Crippen LogP contribution is 2.37. The van der Waals surface area contributed by atoms with E-state index in [1.165, 1.54) is 42.8 Å². The van der Waals surface area contributed by atoms with Gasteiger partial charge in [0.15, 0.2) is 5.76 Å². The number of aliphatic hydroxyl groups is 1. The summed E-state index contributed by atoms with van der Waals surface area (Å²) in [5.41, 5.74) is -0.112. The van der Waals surface area contributed by atoms with Gasteiger partial charge in [0, 0.05) is 38.6 Å². The van der Waals surface area contributed by atoms with E-state index in [1.54, 1.807) is 12.1 Å². The topological polar surface area (TPSA) is 109 Å². The number of piperidine rings is 2. The number of carbonyl (C=O) groups is 1. The van der Waals surface area contributed by atoms with Crippen LogP contribution in [-0.2, 0) is 24.3 Å². The van der Waals surface area contributed by atoms with Gasteiger partial charge in [0.25, 0.3) is 5.91 Å². The molecule has 2 saturated heterocycles. The first-order valence-electron chi connectivity index (χ1n) is 15.3. The molecule has 2 fully saturated rings. The van der Waals surface area contributed by atoms with Gasteiger partial charge in [-0.2, -0.15) is 4.31 Å². The number of sulfonamides is 1. The zero-order valence-electron chi connectivity index (χ0n) is 25.7. The molecule has 11 heteroatoms. The van der Waals surface area contributed by atoms with Crippen molar-refractivity contribution in [1.29, 1.82) is 0 Å². The van der Waals surface area contributed by atoms with Crippen molar-refractivity contribution >= 4 is 15.9 Å². The summed E-state index contributed by atoms with van der Waals surface area (Å²) in [6, 6.07) is 6.68. The molecule has 3 aliphatic heterocycles. The third-order valence-electron chi connectivity index (χ3n) is 8.73. The number of likely N-dealkylation sites (tertiary alicyclic amines) is 2. The van der Waals surface area contributed by atoms with Crippen molar-refractivity contribution in [2.24, 2.45) is 11.3 Å². The number of nitrogens with zero attached hydrogens (tertiary/aromatic N) is 3. The number of ether oxygens (including phenoxy) is 3. The van der Waals surface area contributed by atoms with E-state index in [-0.39, 0.29) is 48.4 Å². The molecule has 0 aliphatic carbocycles. The molecule has 0 bridgehead atoms. The normalized spacial score (nSPS) is 23.0. The number of benzene rings is 1. The molecule has 42 heavy (non-hydrogen) atoms. The van der Waals surface area contributed by atoms with Crippen LogP contribution >= 0.6 is 0 Å². The Morgan fingerprint density at radius 3 is 2.31 bits per heavy atom. The Bertz CT molecular complexity index is 1150. The van der Waals surface area contributed by atoms with Crippen LogP contribution in [-0.4, -0.2) is 105 Å². The number of methoxy groups -OCH3 is 1. The van der Waals surface area contributed by atoms with Crippen molar-refractivity contribution < 1.29 is 32.5 Å². The lowest BCUT2D eigenvalue weighted by molar-refractivity contribution is -0.159. The molecule has 4 rings (SSSR count). The average molecular weight is 608 g/mol. The summed E-state index contributed by atoms with van der Waals surface area (Å²) < 4.78 is 45.0. The summed E-state index contributed by atoms with van der Waals surface area (Å²) in [6.07, 6.45) is 7.63. The van der Waals surface area contributed by atoms with Gasteiger partial charge in [0.05, 0.1) is 25.2 Å². The van der Waals surface area contributed by atoms with Crippen LogP contribution in [0.1, 0.15) is 59.3 Å². The fourth-order valence-electron chi connectivity index (χ4n) is 6.03. The summed E-state index contributed by atoms with van der Waals surface area (Å²) >= 11 is 0. The molecular formula is C31H49N3O7S. The maximum atomic E-state index is 13.6. The minimum atomic E-state index is -3.86. The van der Waals surface area contributed by atoms with Gasteiger partial charge in [-0.05, 0) is 80.4 Å². The zero-order valence-corrected chi connectivity index (χ0v) is 26.5. The van der Waals surface area contributed by atoms with Crippen LogP contribution in [0.2, 0.25) is 0 Å². The lowest BCUT2D eigenvalue weighted by atomic mass is 9.77. The third-order valence-corrected chi connectivity index (χ3v) is 10.6. The Morgan fingerprint density at radius 2 is 1.71 bits per heavy atom. The SMILES string of the molecule is COc1ccc(S(=O)(=O)N(CCO)CCO[C@@H]2C[C@H](C(C)(C)C)C=C(C(=O)N3CCC(N4CCCCC4)CC3)O2)cc1. The summed E-state index contributed by atoms with van der Waals surface area (Å²) in [5, 5.41) is 9.57. The van der Waals surface area contributed by atoms with Gasteiger partial charge in [0.2, 0.25) is 16.3 Å². The van der Waals surface area contributed by atoms with Gasteiger partial charge in [0.1, 0.15) is 5.75 Å². The molecule has 0 radical (unpaired) electrons. The molecule has 1 aromatic carbocycles. The number of aliphatic hydroxyl groups excluding tert-OH is 1. The van der Waals surface area contributed by atoms with Crippen LogP contribution in [0.4, 0.5) is 0 Å². The van der Waals surface area contributed by atoms with Gasteiger partial charge in [-0.15, -0.1) is 0 Å². The smallest absolute Gasteiger partial charge is 0.288 e. The highest BCUT2D eigenvalue weighted by molar-refractivity contribution is 7.89. The Labute approximate surface area is 251 Å². The molecule has 1 N–H and O–H groups in total. The van der Waals surface area contributed by atoms with Crippen molar-refractivity contribution in [3.05, 3.63) is 36.1 Å². The first-order chi connectivity index (χ1) is 20.0. The molecule has 0 unspecified atom stereocenters. The highest BCUT2D eigenvalue weighted by atomic mass is 32.2. The minimum absolute atomic E-state index is 0.0337. The van der Waals surface area contributed by atoms with E-state index in [4.69, 9.17) is 14.2 Å². The van der Waals surface area contributed by atoms with Crippen molar-refractivity contribution in [1.82, 2.24) is 14.1 Å². The van der Waals surface area contributed by atoms with E-state index < -0.39 is 16.3 Å². The van der Waals surface area contributed by atoms with Crippen LogP contribution in [0.15, 0.2) is 41.0 Å². The average Bonchev–Trinajstić information content (AvgIpc) is 3.00. The zero-order chi connectivity index (χ0) is 30.3. The molecule has 3 aliphatic rings. The Morgan fingerprint density at radius 1 is 1.05 bits per heavy atom. The Kier molecular flexibility index (Phi) is 11.3. The van der Waals surface area contributed by atoms with Crippen molar-refractivity contribution in [2.45, 2.75) is 76.5 Å². The molecular weight excluding hydrogens is 558 g/mol. The number of amides is 1. The summed E-state index contributed by atoms with van der Waals surface area (Å²) in [6.45, 7) is 9.85. The van der Waals surface area contributed by atoms with Gasteiger partial charge < -0.3 is 29.1 Å². The van der Waals surface area contributed by atoms with Gasteiger partial charge >= 0.3 is 0 Å². The molecule has 0 saturated carbocycles. The van der Waals surface area contributed by atoms with Crippen LogP contribution < -0.4 is 4.74 Å². The molecule has 0 aromatic heterocycles. The predicted molar refractivity (Wildman–Crippen MR) is 160 cm³/mol. The summed E-state index contributed by atoms with van der Waals surface area (Å²) in [7, 11) is -2.34. The van der Waals surface area contributed by atoms with E-state index in [9.17, 15) is 18.3 Å². The largest absolute Gasteiger partial charge is 0.497 e. The number of allylic oxidation sites excluding steroid dienone is 1. The van der Waals surface area contributed by atoms with Crippen molar-refractivity contribution in [3.8, 4) is 5.75 Å². The molecule has 1 aromatic rings. The Balaban J connectivity index is 1.37. The van der Waals surface area contributed by atoms with Gasteiger partial charge in [-0.3, -0.25) is 4.79 Å². The van der Waals surface area contributed by atoms with E-state index >= 15 is 0 Å². The van der Waals surface area contributed by atoms with Gasteiger partial charge in [-0.25, -0.2) is 8.42 Å². The quantitative estimate of drug-likeness (QED) is 0.408. The van der Waals surface area contributed by atoms with Crippen LogP contribution in [0.25, 0.3) is 0 Å². The lowest BCUT2D eigenvalue weighted by Crippen LogP contribution is -2.49. The monoisotopic (exact) mass is 607 g/mol. The number of hydrogen-bond donors (Lipinski definition) is 1. The predicted octanol–water partition coefficient (Wildman–Crippen LogP) is 3.46. The third kappa shape index (κ3) is 8.25. The summed E-state index contributed by atoms with van der Waals surface area (Å²) in [4.78, 5) is 18.2. The minimum Gasteiger partial charge on any atom is -0.497 e. The molecule has 236 valence electrons.